The van der Waals surface area contributed by atoms with Crippen molar-refractivity contribution in [1.82, 2.24) is 19.8 Å². The molecule has 1 fully saturated rings. The van der Waals surface area contributed by atoms with Crippen LogP contribution in [0.4, 0.5) is 5.95 Å². The Morgan fingerprint density at radius 1 is 1.14 bits per heavy atom. The van der Waals surface area contributed by atoms with E-state index < -0.39 is 0 Å². The minimum Gasteiger partial charge on any atom is -0.459 e. The maximum Gasteiger partial charge on any atom is 0.225 e. The number of piperazine rings is 1. The maximum atomic E-state index is 12.7. The zero-order chi connectivity index (χ0) is 20.2. The van der Waals surface area contributed by atoms with E-state index in [1.165, 1.54) is 0 Å². The zero-order valence-electron chi connectivity index (χ0n) is 17.0. The lowest BCUT2D eigenvalue weighted by Crippen LogP contribution is -2.49. The highest BCUT2D eigenvalue weighted by Gasteiger charge is 2.23. The Balaban J connectivity index is 1.27. The Morgan fingerprint density at radius 2 is 1.86 bits per heavy atom. The highest BCUT2D eigenvalue weighted by Crippen LogP contribution is 2.26. The van der Waals surface area contributed by atoms with Crippen LogP contribution in [0, 0.1) is 0 Å². The van der Waals surface area contributed by atoms with E-state index in [2.05, 4.69) is 38.8 Å². The van der Waals surface area contributed by atoms with Gasteiger partial charge < -0.3 is 14.2 Å². The van der Waals surface area contributed by atoms with E-state index in [0.29, 0.717) is 26.1 Å². The minimum atomic E-state index is 0.113. The number of rotatable bonds is 6. The van der Waals surface area contributed by atoms with Gasteiger partial charge in [-0.25, -0.2) is 9.97 Å². The standard InChI is InChI=1S/C22H27N5O2/c1-17(20-16-18-6-3-4-7-19(18)29-20)25(2)11-8-21(28)26-12-14-27(15-13-26)22-23-9-5-10-24-22/h3-7,9-10,16-17H,8,11-15H2,1-2H3. The lowest BCUT2D eigenvalue weighted by molar-refractivity contribution is -0.131. The first kappa shape index (κ1) is 19.4. The molecule has 29 heavy (non-hydrogen) atoms. The molecule has 2 aromatic heterocycles. The van der Waals surface area contributed by atoms with Crippen LogP contribution in [-0.4, -0.2) is 65.4 Å². The molecule has 3 heterocycles. The SMILES string of the molecule is CC(c1cc2ccccc2o1)N(C)CCC(=O)N1CCN(c2ncccn2)CC1. The Labute approximate surface area is 170 Å². The van der Waals surface area contributed by atoms with E-state index in [0.717, 1.165) is 35.8 Å². The average Bonchev–Trinajstić information content (AvgIpc) is 3.21. The van der Waals surface area contributed by atoms with Gasteiger partial charge in [0.05, 0.1) is 6.04 Å². The fraction of sp³-hybridized carbons (Fsp3) is 0.409. The van der Waals surface area contributed by atoms with Crippen LogP contribution in [0.15, 0.2) is 53.2 Å². The van der Waals surface area contributed by atoms with E-state index in [-0.39, 0.29) is 11.9 Å². The van der Waals surface area contributed by atoms with Gasteiger partial charge in [-0.1, -0.05) is 18.2 Å². The number of furan rings is 1. The molecule has 1 saturated heterocycles. The summed E-state index contributed by atoms with van der Waals surface area (Å²) in [5, 5.41) is 1.11. The van der Waals surface area contributed by atoms with Crippen LogP contribution >= 0.6 is 0 Å². The first-order valence-electron chi connectivity index (χ1n) is 10.1. The van der Waals surface area contributed by atoms with E-state index in [1.54, 1.807) is 12.4 Å². The molecule has 152 valence electrons. The molecule has 0 bridgehead atoms. The van der Waals surface area contributed by atoms with Crippen molar-refractivity contribution in [2.24, 2.45) is 0 Å². The van der Waals surface area contributed by atoms with Crippen LogP contribution in [0.25, 0.3) is 11.0 Å². The van der Waals surface area contributed by atoms with Gasteiger partial charge in [-0.2, -0.15) is 0 Å². The molecule has 1 unspecified atom stereocenters. The number of aromatic nitrogens is 2. The topological polar surface area (TPSA) is 65.7 Å². The normalized spacial score (nSPS) is 15.8. The monoisotopic (exact) mass is 393 g/mol. The molecule has 0 radical (unpaired) electrons. The Bertz CT molecular complexity index is 917. The Kier molecular flexibility index (Phi) is 5.76. The summed E-state index contributed by atoms with van der Waals surface area (Å²) in [7, 11) is 2.04. The summed E-state index contributed by atoms with van der Waals surface area (Å²) in [6.45, 7) is 5.75. The summed E-state index contributed by atoms with van der Waals surface area (Å²) in [4.78, 5) is 27.5. The van der Waals surface area contributed by atoms with Crippen molar-refractivity contribution in [1.29, 1.82) is 0 Å². The summed E-state index contributed by atoms with van der Waals surface area (Å²) in [5.74, 6) is 1.86. The van der Waals surface area contributed by atoms with Crippen LogP contribution < -0.4 is 4.90 Å². The molecule has 1 aromatic carbocycles. The van der Waals surface area contributed by atoms with Crippen LogP contribution in [-0.2, 0) is 4.79 Å². The minimum absolute atomic E-state index is 0.113. The van der Waals surface area contributed by atoms with Crippen molar-refractivity contribution in [2.45, 2.75) is 19.4 Å². The number of para-hydroxylation sites is 1. The molecule has 4 rings (SSSR count). The van der Waals surface area contributed by atoms with Crippen LogP contribution in [0.1, 0.15) is 25.1 Å². The number of benzene rings is 1. The molecule has 0 aliphatic carbocycles. The smallest absolute Gasteiger partial charge is 0.225 e. The molecular weight excluding hydrogens is 366 g/mol. The second-order valence-electron chi connectivity index (χ2n) is 7.51. The number of nitrogens with zero attached hydrogens (tertiary/aromatic N) is 5. The lowest BCUT2D eigenvalue weighted by atomic mass is 10.2. The van der Waals surface area contributed by atoms with Crippen molar-refractivity contribution >= 4 is 22.8 Å². The molecule has 1 aliphatic rings. The van der Waals surface area contributed by atoms with Gasteiger partial charge in [-0.15, -0.1) is 0 Å². The quantitative estimate of drug-likeness (QED) is 0.642. The van der Waals surface area contributed by atoms with Crippen molar-refractivity contribution < 1.29 is 9.21 Å². The van der Waals surface area contributed by atoms with Gasteiger partial charge in [0.2, 0.25) is 11.9 Å². The Hall–Kier alpha value is -2.93. The molecule has 1 aliphatic heterocycles. The number of fused-ring (bicyclic) bond motifs is 1. The van der Waals surface area contributed by atoms with Crippen molar-refractivity contribution in [3.63, 3.8) is 0 Å². The summed E-state index contributed by atoms with van der Waals surface area (Å²) >= 11 is 0. The fourth-order valence-corrected chi connectivity index (χ4v) is 3.66. The third kappa shape index (κ3) is 4.40. The van der Waals surface area contributed by atoms with Crippen LogP contribution in [0.3, 0.4) is 0 Å². The van der Waals surface area contributed by atoms with Gasteiger partial charge >= 0.3 is 0 Å². The number of carbonyl (C=O) groups excluding carboxylic acids is 1. The largest absolute Gasteiger partial charge is 0.459 e. The van der Waals surface area contributed by atoms with Gasteiger partial charge in [-0.05, 0) is 32.2 Å². The van der Waals surface area contributed by atoms with E-state index in [1.807, 2.05) is 36.2 Å². The zero-order valence-corrected chi connectivity index (χ0v) is 17.0. The van der Waals surface area contributed by atoms with Crippen LogP contribution in [0.5, 0.6) is 0 Å². The second kappa shape index (κ2) is 8.61. The van der Waals surface area contributed by atoms with E-state index in [4.69, 9.17) is 4.42 Å². The van der Waals surface area contributed by atoms with Gasteiger partial charge in [0.25, 0.3) is 0 Å². The van der Waals surface area contributed by atoms with Crippen molar-refractivity contribution in [3.05, 3.63) is 54.6 Å². The van der Waals surface area contributed by atoms with Crippen molar-refractivity contribution in [3.8, 4) is 0 Å². The fourth-order valence-electron chi connectivity index (χ4n) is 3.66. The highest BCUT2D eigenvalue weighted by molar-refractivity contribution is 5.78. The van der Waals surface area contributed by atoms with Gasteiger partial charge in [0, 0.05) is 56.9 Å². The number of hydrogen-bond donors (Lipinski definition) is 0. The first-order valence-corrected chi connectivity index (χ1v) is 10.1. The molecule has 1 atom stereocenters. The van der Waals surface area contributed by atoms with Crippen molar-refractivity contribution in [2.75, 3.05) is 44.7 Å². The second-order valence-corrected chi connectivity index (χ2v) is 7.51. The number of anilines is 1. The summed E-state index contributed by atoms with van der Waals surface area (Å²) in [5.41, 5.74) is 0.902. The molecule has 0 spiro atoms. The molecule has 0 saturated carbocycles. The molecule has 3 aromatic rings. The number of amides is 1. The third-order valence-corrected chi connectivity index (χ3v) is 5.66. The Morgan fingerprint density at radius 3 is 2.59 bits per heavy atom. The van der Waals surface area contributed by atoms with Crippen LogP contribution in [0.2, 0.25) is 0 Å². The number of hydrogen-bond acceptors (Lipinski definition) is 6. The lowest BCUT2D eigenvalue weighted by Gasteiger charge is -2.35. The van der Waals surface area contributed by atoms with Gasteiger partial charge in [0.1, 0.15) is 11.3 Å². The molecule has 7 nitrogen and oxygen atoms in total. The molecule has 7 heteroatoms. The first-order chi connectivity index (χ1) is 14.1. The summed E-state index contributed by atoms with van der Waals surface area (Å²) in [6, 6.07) is 12.0. The third-order valence-electron chi connectivity index (χ3n) is 5.66. The maximum absolute atomic E-state index is 12.7. The highest BCUT2D eigenvalue weighted by atomic mass is 16.3. The van der Waals surface area contributed by atoms with E-state index >= 15 is 0 Å². The summed E-state index contributed by atoms with van der Waals surface area (Å²) < 4.78 is 5.97. The predicted molar refractivity (Wildman–Crippen MR) is 113 cm³/mol. The molecule has 1 amide bonds. The molecular formula is C22H27N5O2. The van der Waals surface area contributed by atoms with E-state index in [9.17, 15) is 4.79 Å². The van der Waals surface area contributed by atoms with Gasteiger partial charge in [-0.3, -0.25) is 9.69 Å². The average molecular weight is 393 g/mol. The predicted octanol–water partition coefficient (Wildman–Crippen LogP) is 2.95. The number of carbonyl (C=O) groups is 1. The summed E-state index contributed by atoms with van der Waals surface area (Å²) in [6.07, 6.45) is 4.00. The molecule has 0 N–H and O–H groups in total. The van der Waals surface area contributed by atoms with Gasteiger partial charge in [0.15, 0.2) is 0 Å².